The number of terminal acetylenes is 1. The number of ether oxygens (including phenoxy) is 5. The van der Waals surface area contributed by atoms with E-state index in [1.54, 1.807) is 41.5 Å². The Morgan fingerprint density at radius 1 is 1.11 bits per heavy atom. The Bertz CT molecular complexity index is 1120. The summed E-state index contributed by atoms with van der Waals surface area (Å²) in [6.07, 6.45) is 0.729. The zero-order valence-corrected chi connectivity index (χ0v) is 27.5. The van der Waals surface area contributed by atoms with Crippen molar-refractivity contribution in [1.82, 2.24) is 10.2 Å². The third-order valence-corrected chi connectivity index (χ3v) is 9.56. The Labute approximate surface area is 260 Å². The molecule has 0 aliphatic carbocycles. The van der Waals surface area contributed by atoms with Crippen LogP contribution in [0.1, 0.15) is 74.1 Å². The Balaban J connectivity index is 2.09. The number of rotatable bonds is 6. The van der Waals surface area contributed by atoms with Crippen molar-refractivity contribution in [2.45, 2.75) is 128 Å². The number of likely N-dealkylation sites (N-methyl/N-ethyl adjacent to an activating group) is 1. The molecule has 3 heterocycles. The number of hydrogen-bond acceptors (Lipinski definition) is 11. The average Bonchev–Trinajstić information content (AvgIpc) is 3.27. The van der Waals surface area contributed by atoms with Crippen LogP contribution < -0.4 is 5.32 Å². The van der Waals surface area contributed by atoms with Crippen LogP contribution in [0, 0.1) is 30.1 Å². The summed E-state index contributed by atoms with van der Waals surface area (Å²) in [5.41, 5.74) is -2.69. The molecule has 248 valence electrons. The van der Waals surface area contributed by atoms with Crippen LogP contribution >= 0.6 is 0 Å². The molecule has 12 heteroatoms. The van der Waals surface area contributed by atoms with E-state index >= 15 is 0 Å². The van der Waals surface area contributed by atoms with E-state index in [0.717, 1.165) is 0 Å². The molecule has 0 bridgehead atoms. The van der Waals surface area contributed by atoms with E-state index in [9.17, 15) is 24.3 Å². The maximum Gasteiger partial charge on any atom is 0.408 e. The largest absolute Gasteiger partial charge is 0.458 e. The first-order chi connectivity index (χ1) is 20.5. The maximum atomic E-state index is 14.0. The fourth-order valence-electron chi connectivity index (χ4n) is 7.10. The summed E-state index contributed by atoms with van der Waals surface area (Å²) < 4.78 is 30.1. The van der Waals surface area contributed by atoms with Crippen molar-refractivity contribution in [2.24, 2.45) is 17.8 Å². The van der Waals surface area contributed by atoms with E-state index in [4.69, 9.17) is 30.1 Å². The zero-order chi connectivity index (χ0) is 33.1. The average molecular weight is 623 g/mol. The molecule has 0 aromatic rings. The number of hydrogen-bond donors (Lipinski definition) is 2. The molecule has 3 aliphatic rings. The first-order valence-electron chi connectivity index (χ1n) is 15.5. The van der Waals surface area contributed by atoms with Crippen molar-refractivity contribution in [3.63, 3.8) is 0 Å². The molecule has 0 spiro atoms. The van der Waals surface area contributed by atoms with Gasteiger partial charge in [-0.05, 0) is 54.1 Å². The first-order valence-corrected chi connectivity index (χ1v) is 15.5. The molecule has 0 aromatic heterocycles. The third kappa shape index (κ3) is 7.45. The molecule has 2 N–H and O–H groups in total. The fraction of sp³-hybridized carbons (Fsp3) is 0.812. The van der Waals surface area contributed by atoms with E-state index in [1.807, 2.05) is 25.9 Å². The summed E-state index contributed by atoms with van der Waals surface area (Å²) in [7, 11) is 3.70. The predicted molar refractivity (Wildman–Crippen MR) is 159 cm³/mol. The number of carbonyl (C=O) groups is 4. The van der Waals surface area contributed by atoms with Gasteiger partial charge >= 0.3 is 12.1 Å². The van der Waals surface area contributed by atoms with Crippen molar-refractivity contribution in [3.05, 3.63) is 0 Å². The molecule has 0 unspecified atom stereocenters. The van der Waals surface area contributed by atoms with E-state index in [2.05, 4.69) is 11.2 Å². The van der Waals surface area contributed by atoms with Gasteiger partial charge in [0.05, 0.1) is 23.9 Å². The minimum Gasteiger partial charge on any atom is -0.458 e. The predicted octanol–water partition coefficient (Wildman–Crippen LogP) is 2.24. The molecule has 3 saturated heterocycles. The smallest absolute Gasteiger partial charge is 0.408 e. The summed E-state index contributed by atoms with van der Waals surface area (Å²) in [5, 5.41) is 14.0. The van der Waals surface area contributed by atoms with Crippen molar-refractivity contribution >= 4 is 23.6 Å². The van der Waals surface area contributed by atoms with E-state index in [1.165, 1.54) is 0 Å². The van der Waals surface area contributed by atoms with Crippen molar-refractivity contribution in [2.75, 3.05) is 20.7 Å². The van der Waals surface area contributed by atoms with Gasteiger partial charge in [-0.2, -0.15) is 0 Å². The molecular formula is C32H50N2O10. The lowest BCUT2D eigenvalue weighted by atomic mass is 9.74. The highest BCUT2D eigenvalue weighted by molar-refractivity contribution is 5.97. The van der Waals surface area contributed by atoms with Crippen LogP contribution in [0.2, 0.25) is 0 Å². The molecule has 44 heavy (non-hydrogen) atoms. The Kier molecular flexibility index (Phi) is 11.6. The van der Waals surface area contributed by atoms with Crippen molar-refractivity contribution < 1.29 is 48.0 Å². The van der Waals surface area contributed by atoms with Crippen LogP contribution in [-0.4, -0.2) is 108 Å². The number of alkyl carbamates (subject to hydrolysis) is 1. The van der Waals surface area contributed by atoms with Gasteiger partial charge in [-0.25, -0.2) is 4.79 Å². The van der Waals surface area contributed by atoms with Gasteiger partial charge in [0.25, 0.3) is 0 Å². The normalized spacial score (nSPS) is 42.5. The molecule has 3 rings (SSSR count). The molecule has 0 saturated carbocycles. The second-order valence-corrected chi connectivity index (χ2v) is 13.2. The van der Waals surface area contributed by atoms with Gasteiger partial charge in [0.1, 0.15) is 36.8 Å². The molecule has 1 amide bonds. The minimum absolute atomic E-state index is 0.0789. The number of carbonyl (C=O) groups excluding carboxylic acids is 4. The van der Waals surface area contributed by atoms with Crippen LogP contribution in [0.3, 0.4) is 0 Å². The lowest BCUT2D eigenvalue weighted by molar-refractivity contribution is -0.296. The summed E-state index contributed by atoms with van der Waals surface area (Å²) >= 11 is 0. The molecule has 3 aliphatic heterocycles. The second kappa shape index (κ2) is 14.3. The Morgan fingerprint density at radius 2 is 1.77 bits per heavy atom. The first kappa shape index (κ1) is 35.9. The van der Waals surface area contributed by atoms with E-state index in [0.29, 0.717) is 6.42 Å². The molecule has 0 radical (unpaired) electrons. The third-order valence-electron chi connectivity index (χ3n) is 9.56. The second-order valence-electron chi connectivity index (χ2n) is 13.2. The quantitative estimate of drug-likeness (QED) is 0.255. The summed E-state index contributed by atoms with van der Waals surface area (Å²) in [6, 6.07) is -1.09. The van der Waals surface area contributed by atoms with Crippen LogP contribution in [0.5, 0.6) is 0 Å². The molecule has 12 atom stereocenters. The fourth-order valence-corrected chi connectivity index (χ4v) is 7.10. The highest BCUT2D eigenvalue weighted by Crippen LogP contribution is 2.39. The number of amides is 1. The topological polar surface area (TPSA) is 150 Å². The number of ketones is 2. The lowest BCUT2D eigenvalue weighted by Crippen LogP contribution is -2.59. The Morgan fingerprint density at radius 3 is 2.36 bits per heavy atom. The van der Waals surface area contributed by atoms with E-state index in [-0.39, 0.29) is 37.4 Å². The minimum atomic E-state index is -1.35. The number of esters is 1. The van der Waals surface area contributed by atoms with Gasteiger partial charge in [0.15, 0.2) is 11.9 Å². The van der Waals surface area contributed by atoms with Gasteiger partial charge in [0.2, 0.25) is 0 Å². The van der Waals surface area contributed by atoms with Gasteiger partial charge in [-0.3, -0.25) is 14.4 Å². The summed E-state index contributed by atoms with van der Waals surface area (Å²) in [4.78, 5) is 55.3. The highest BCUT2D eigenvalue weighted by atomic mass is 16.7. The number of aliphatic hydroxyl groups excluding tert-OH is 1. The number of aliphatic hydroxyl groups is 1. The summed E-state index contributed by atoms with van der Waals surface area (Å²) in [6.45, 7) is 11.9. The highest BCUT2D eigenvalue weighted by Gasteiger charge is 2.57. The van der Waals surface area contributed by atoms with Gasteiger partial charge in [-0.15, -0.1) is 6.42 Å². The molecule has 0 aromatic carbocycles. The standard InChI is InChI=1S/C32H50N2O10/c1-11-13-40-31(7)16-17(3)25(37)20(6)27-32(8,44-30(39)33-27)23(12-2)42-24(36)15-22(35)19(5)28(31)43-29-26(38)21(34(9)10)14-18(4)41-29/h1,17-21,23,26-29,38H,12-16H2,2-10H3,(H,33,39)/t17-,18-,19+,20+,21+,23-,26-,27-,28-,29+,31+,32-/m1/s1. The summed E-state index contributed by atoms with van der Waals surface area (Å²) in [5.74, 6) is -1.41. The van der Waals surface area contributed by atoms with Crippen molar-refractivity contribution in [3.8, 4) is 12.3 Å². The number of nitrogens with zero attached hydrogens (tertiary/aromatic N) is 1. The molecule has 3 fully saturated rings. The number of fused-ring (bicyclic) bond motifs is 1. The van der Waals surface area contributed by atoms with Crippen LogP contribution in [0.25, 0.3) is 0 Å². The number of nitrogens with one attached hydrogen (secondary N) is 1. The number of Topliss-reactive ketones (excluding diaryl/α,β-unsaturated/α-hetero) is 2. The van der Waals surface area contributed by atoms with Gasteiger partial charge in [-0.1, -0.05) is 33.6 Å². The van der Waals surface area contributed by atoms with Gasteiger partial charge < -0.3 is 39.0 Å². The lowest BCUT2D eigenvalue weighted by Gasteiger charge is -2.47. The maximum absolute atomic E-state index is 14.0. The molecule has 12 nitrogen and oxygen atoms in total. The number of cyclic esters (lactones) is 1. The monoisotopic (exact) mass is 622 g/mol. The van der Waals surface area contributed by atoms with Crippen LogP contribution in [-0.2, 0) is 38.1 Å². The molecular weight excluding hydrogens is 572 g/mol. The van der Waals surface area contributed by atoms with Crippen LogP contribution in [0.4, 0.5) is 4.79 Å². The SMILES string of the molecule is C#CCO[C@@]1(C)C[C@@H](C)C(=O)[C@H](C)[C@H]2NC(=O)O[C@]2(C)[C@@H](CC)OC(=O)CC(=O)[C@H](C)[C@H]1O[C@@H]1O[C@H](C)C[C@H](N(C)C)[C@H]1O. The zero-order valence-electron chi connectivity index (χ0n) is 27.5. The Hall–Kier alpha value is -2.56. The van der Waals surface area contributed by atoms with E-state index < -0.39 is 83.9 Å². The van der Waals surface area contributed by atoms with Crippen molar-refractivity contribution in [1.29, 1.82) is 0 Å². The van der Waals surface area contributed by atoms with Crippen LogP contribution in [0.15, 0.2) is 0 Å². The van der Waals surface area contributed by atoms with Gasteiger partial charge in [0, 0.05) is 23.8 Å².